The molecule has 0 atom stereocenters. The Hall–Kier alpha value is -0.450. The van der Waals surface area contributed by atoms with E-state index in [0.29, 0.717) is 6.29 Å². The van der Waals surface area contributed by atoms with Crippen molar-refractivity contribution >= 4 is 6.29 Å². The minimum Gasteiger partial charge on any atom is -0.393 e. The summed E-state index contributed by atoms with van der Waals surface area (Å²) in [6, 6.07) is 0. The predicted octanol–water partition coefficient (Wildman–Crippen LogP) is -1.71. The van der Waals surface area contributed by atoms with Gasteiger partial charge in [-0.05, 0) is 0 Å². The highest BCUT2D eigenvalue weighted by atomic mass is 16.4. The molecule has 0 aromatic rings. The van der Waals surface area contributed by atoms with E-state index in [2.05, 4.69) is 0 Å². The van der Waals surface area contributed by atoms with Crippen LogP contribution in [-0.4, -0.2) is 40.4 Å². The van der Waals surface area contributed by atoms with Crippen LogP contribution in [0.1, 0.15) is 6.42 Å². The number of carbonyl (C=O) groups excluding carboxylic acids is 1. The SMILES string of the molecule is O=CCC(O)(CO)CO. The predicted molar refractivity (Wildman–Crippen MR) is 29.8 cm³/mol. The van der Waals surface area contributed by atoms with Crippen LogP contribution in [0, 0.1) is 0 Å². The van der Waals surface area contributed by atoms with Crippen molar-refractivity contribution in [3.63, 3.8) is 0 Å². The van der Waals surface area contributed by atoms with Crippen LogP contribution in [0.15, 0.2) is 0 Å². The van der Waals surface area contributed by atoms with E-state index in [4.69, 9.17) is 15.3 Å². The van der Waals surface area contributed by atoms with Gasteiger partial charge in [-0.1, -0.05) is 0 Å². The van der Waals surface area contributed by atoms with Crippen LogP contribution in [0.2, 0.25) is 0 Å². The molecule has 0 aliphatic heterocycles. The van der Waals surface area contributed by atoms with Crippen LogP contribution in [0.4, 0.5) is 0 Å². The maximum absolute atomic E-state index is 9.76. The summed E-state index contributed by atoms with van der Waals surface area (Å²) in [6.45, 7) is -1.19. The van der Waals surface area contributed by atoms with Crippen LogP contribution < -0.4 is 0 Å². The van der Waals surface area contributed by atoms with Crippen molar-refractivity contribution in [1.29, 1.82) is 0 Å². The Morgan fingerprint density at radius 1 is 1.33 bits per heavy atom. The zero-order chi connectivity index (χ0) is 7.33. The van der Waals surface area contributed by atoms with Crippen LogP contribution in [-0.2, 0) is 4.79 Å². The lowest BCUT2D eigenvalue weighted by molar-refractivity contribution is -0.117. The molecule has 0 radical (unpaired) electrons. The minimum atomic E-state index is -1.62. The molecule has 0 bridgehead atoms. The Morgan fingerprint density at radius 2 is 1.78 bits per heavy atom. The van der Waals surface area contributed by atoms with E-state index in [-0.39, 0.29) is 6.42 Å². The van der Waals surface area contributed by atoms with Crippen molar-refractivity contribution in [2.75, 3.05) is 13.2 Å². The van der Waals surface area contributed by atoms with Gasteiger partial charge in [0.15, 0.2) is 0 Å². The van der Waals surface area contributed by atoms with E-state index in [1.807, 2.05) is 0 Å². The molecule has 4 nitrogen and oxygen atoms in total. The molecule has 9 heavy (non-hydrogen) atoms. The first kappa shape index (κ1) is 8.55. The molecule has 0 heterocycles. The summed E-state index contributed by atoms with van der Waals surface area (Å²) in [5, 5.41) is 25.6. The average Bonchev–Trinajstić information content (AvgIpc) is 1.89. The van der Waals surface area contributed by atoms with Gasteiger partial charge in [-0.2, -0.15) is 0 Å². The van der Waals surface area contributed by atoms with Crippen LogP contribution in [0.25, 0.3) is 0 Å². The zero-order valence-electron chi connectivity index (χ0n) is 4.95. The molecule has 0 aromatic carbocycles. The fourth-order valence-corrected chi connectivity index (χ4v) is 0.334. The molecule has 0 aromatic heterocycles. The molecule has 0 unspecified atom stereocenters. The maximum atomic E-state index is 9.76. The van der Waals surface area contributed by atoms with E-state index < -0.39 is 18.8 Å². The van der Waals surface area contributed by atoms with E-state index in [9.17, 15) is 4.79 Å². The molecule has 54 valence electrons. The number of aliphatic hydroxyl groups is 3. The lowest BCUT2D eigenvalue weighted by Gasteiger charge is -2.19. The molecule has 0 saturated heterocycles. The first-order valence-electron chi connectivity index (χ1n) is 2.56. The normalized spacial score (nSPS) is 11.4. The van der Waals surface area contributed by atoms with Crippen molar-refractivity contribution in [2.45, 2.75) is 12.0 Å². The minimum absolute atomic E-state index is 0.236. The van der Waals surface area contributed by atoms with Crippen molar-refractivity contribution in [1.82, 2.24) is 0 Å². The summed E-state index contributed by atoms with van der Waals surface area (Å²) >= 11 is 0. The largest absolute Gasteiger partial charge is 0.393 e. The second-order valence-electron chi connectivity index (χ2n) is 1.91. The molecule has 0 spiro atoms. The lowest BCUT2D eigenvalue weighted by atomic mass is 10.0. The fourth-order valence-electron chi connectivity index (χ4n) is 0.334. The van der Waals surface area contributed by atoms with Crippen LogP contribution in [0.5, 0.6) is 0 Å². The molecular formula is C5H10O4. The number of carbonyl (C=O) groups is 1. The highest BCUT2D eigenvalue weighted by molar-refractivity contribution is 5.51. The van der Waals surface area contributed by atoms with Gasteiger partial charge in [0, 0.05) is 6.42 Å². The van der Waals surface area contributed by atoms with E-state index in [1.165, 1.54) is 0 Å². The topological polar surface area (TPSA) is 77.8 Å². The Kier molecular flexibility index (Phi) is 3.37. The summed E-state index contributed by atoms with van der Waals surface area (Å²) in [4.78, 5) is 9.76. The standard InChI is InChI=1S/C5H10O4/c6-2-1-5(9,3-7)4-8/h2,7-9H,1,3-4H2. The molecule has 3 N–H and O–H groups in total. The molecule has 0 rings (SSSR count). The van der Waals surface area contributed by atoms with Crippen molar-refractivity contribution in [2.24, 2.45) is 0 Å². The number of hydrogen-bond donors (Lipinski definition) is 3. The first-order valence-corrected chi connectivity index (χ1v) is 2.56. The molecule has 0 aliphatic carbocycles. The molecule has 0 fully saturated rings. The number of rotatable bonds is 4. The molecule has 0 aliphatic rings. The van der Waals surface area contributed by atoms with Crippen molar-refractivity contribution < 1.29 is 20.1 Å². The van der Waals surface area contributed by atoms with Crippen LogP contribution >= 0.6 is 0 Å². The summed E-state index contributed by atoms with van der Waals surface area (Å²) in [5.41, 5.74) is -1.62. The third-order valence-corrected chi connectivity index (χ3v) is 1.05. The Labute approximate surface area is 52.7 Å². The van der Waals surface area contributed by atoms with Crippen molar-refractivity contribution in [3.8, 4) is 0 Å². The molecular weight excluding hydrogens is 124 g/mol. The summed E-state index contributed by atoms with van der Waals surface area (Å²) < 4.78 is 0. The van der Waals surface area contributed by atoms with Crippen LogP contribution in [0.3, 0.4) is 0 Å². The number of aliphatic hydroxyl groups excluding tert-OH is 2. The zero-order valence-corrected chi connectivity index (χ0v) is 4.95. The third kappa shape index (κ3) is 2.55. The van der Waals surface area contributed by atoms with Gasteiger partial charge in [0.05, 0.1) is 13.2 Å². The highest BCUT2D eigenvalue weighted by Gasteiger charge is 2.23. The van der Waals surface area contributed by atoms with Gasteiger partial charge in [-0.25, -0.2) is 0 Å². The Morgan fingerprint density at radius 3 is 1.89 bits per heavy atom. The monoisotopic (exact) mass is 134 g/mol. The summed E-state index contributed by atoms with van der Waals surface area (Å²) in [7, 11) is 0. The lowest BCUT2D eigenvalue weighted by Crippen LogP contribution is -2.37. The van der Waals surface area contributed by atoms with E-state index in [1.54, 1.807) is 0 Å². The van der Waals surface area contributed by atoms with Gasteiger partial charge < -0.3 is 20.1 Å². The smallest absolute Gasteiger partial charge is 0.123 e. The van der Waals surface area contributed by atoms with E-state index in [0.717, 1.165) is 0 Å². The first-order chi connectivity index (χ1) is 4.18. The van der Waals surface area contributed by atoms with Gasteiger partial charge in [0.25, 0.3) is 0 Å². The Bertz CT molecular complexity index is 87.0. The maximum Gasteiger partial charge on any atom is 0.123 e. The average molecular weight is 134 g/mol. The second-order valence-corrected chi connectivity index (χ2v) is 1.91. The summed E-state index contributed by atoms with van der Waals surface area (Å²) in [5.74, 6) is 0. The van der Waals surface area contributed by atoms with Crippen molar-refractivity contribution in [3.05, 3.63) is 0 Å². The molecule has 0 saturated carbocycles. The summed E-state index contributed by atoms with van der Waals surface area (Å²) in [6.07, 6.45) is 0.215. The van der Waals surface area contributed by atoms with E-state index >= 15 is 0 Å². The van der Waals surface area contributed by atoms with Gasteiger partial charge in [0.2, 0.25) is 0 Å². The molecule has 4 heteroatoms. The van der Waals surface area contributed by atoms with Gasteiger partial charge in [-0.15, -0.1) is 0 Å². The molecule has 0 amide bonds. The highest BCUT2D eigenvalue weighted by Crippen LogP contribution is 2.04. The van der Waals surface area contributed by atoms with Gasteiger partial charge in [0.1, 0.15) is 11.9 Å². The van der Waals surface area contributed by atoms with Gasteiger partial charge >= 0.3 is 0 Å². The number of aldehydes is 1. The second kappa shape index (κ2) is 3.55. The quantitative estimate of drug-likeness (QED) is 0.400. The fraction of sp³-hybridized carbons (Fsp3) is 0.800. The number of hydrogen-bond acceptors (Lipinski definition) is 4. The van der Waals surface area contributed by atoms with Gasteiger partial charge in [-0.3, -0.25) is 0 Å². The third-order valence-electron chi connectivity index (χ3n) is 1.05. The Balaban J connectivity index is 3.75.